The Bertz CT molecular complexity index is 700. The lowest BCUT2D eigenvalue weighted by molar-refractivity contribution is -0.0976. The van der Waals surface area contributed by atoms with Crippen molar-refractivity contribution in [2.75, 3.05) is 13.7 Å². The number of hydrogen-bond donors (Lipinski definition) is 0. The molecule has 1 aromatic rings. The van der Waals surface area contributed by atoms with E-state index in [2.05, 4.69) is 11.8 Å². The van der Waals surface area contributed by atoms with Gasteiger partial charge in [-0.25, -0.2) is 0 Å². The normalized spacial score (nSPS) is 13.6. The van der Waals surface area contributed by atoms with Gasteiger partial charge in [0.1, 0.15) is 5.75 Å². The fourth-order valence-corrected chi connectivity index (χ4v) is 2.73. The minimum Gasteiger partial charge on any atom is -0.497 e. The molecule has 144 valence electrons. The minimum absolute atomic E-state index is 0.0213. The second-order valence-electron chi connectivity index (χ2n) is 7.63. The highest BCUT2D eigenvalue weighted by Crippen LogP contribution is 2.38. The number of methoxy groups -OCH3 is 1. The van der Waals surface area contributed by atoms with Gasteiger partial charge in [-0.3, -0.25) is 0 Å². The van der Waals surface area contributed by atoms with Crippen molar-refractivity contribution in [1.82, 2.24) is 0 Å². The van der Waals surface area contributed by atoms with Crippen LogP contribution in [0.4, 0.5) is 13.2 Å². The maximum atomic E-state index is 13.5. The summed E-state index contributed by atoms with van der Waals surface area (Å²) in [5.41, 5.74) is -0.118. The number of rotatable bonds is 4. The van der Waals surface area contributed by atoms with E-state index in [-0.39, 0.29) is 10.6 Å². The molecule has 0 atom stereocenters. The van der Waals surface area contributed by atoms with E-state index in [1.807, 2.05) is 33.9 Å². The third-order valence-electron chi connectivity index (χ3n) is 4.66. The Kier molecular flexibility index (Phi) is 7.14. The molecular formula is C20H27F3O2Si. The summed E-state index contributed by atoms with van der Waals surface area (Å²) in [5, 5.41) is -0.160. The Labute approximate surface area is 155 Å². The lowest BCUT2D eigenvalue weighted by Crippen LogP contribution is -2.42. The average Bonchev–Trinajstić information content (AvgIpc) is 2.51. The molecule has 26 heavy (non-hydrogen) atoms. The van der Waals surface area contributed by atoms with Gasteiger partial charge in [-0.15, -0.1) is 0 Å². The van der Waals surface area contributed by atoms with E-state index in [0.717, 1.165) is 0 Å². The van der Waals surface area contributed by atoms with Gasteiger partial charge in [0, 0.05) is 11.1 Å². The molecule has 0 saturated carbocycles. The first-order chi connectivity index (χ1) is 11.8. The zero-order valence-corrected chi connectivity index (χ0v) is 17.5. The van der Waals surface area contributed by atoms with Gasteiger partial charge in [0.25, 0.3) is 0 Å². The van der Waals surface area contributed by atoms with Gasteiger partial charge in [-0.2, -0.15) is 13.2 Å². The Balaban J connectivity index is 3.09. The van der Waals surface area contributed by atoms with Crippen molar-refractivity contribution in [2.45, 2.75) is 52.0 Å². The zero-order chi connectivity index (χ0) is 20.2. The van der Waals surface area contributed by atoms with Crippen LogP contribution in [0.5, 0.6) is 5.75 Å². The van der Waals surface area contributed by atoms with Crippen molar-refractivity contribution in [3.05, 3.63) is 41.0 Å². The number of benzene rings is 1. The van der Waals surface area contributed by atoms with Crippen LogP contribution in [-0.2, 0) is 4.43 Å². The van der Waals surface area contributed by atoms with Crippen molar-refractivity contribution in [2.24, 2.45) is 0 Å². The van der Waals surface area contributed by atoms with Gasteiger partial charge < -0.3 is 9.16 Å². The molecule has 0 unspecified atom stereocenters. The number of alkyl halides is 3. The van der Waals surface area contributed by atoms with Crippen molar-refractivity contribution in [3.63, 3.8) is 0 Å². The van der Waals surface area contributed by atoms with E-state index >= 15 is 0 Å². The van der Waals surface area contributed by atoms with Gasteiger partial charge >= 0.3 is 6.18 Å². The van der Waals surface area contributed by atoms with Crippen LogP contribution in [0.25, 0.3) is 0 Å². The molecule has 2 nitrogen and oxygen atoms in total. The maximum absolute atomic E-state index is 13.5. The van der Waals surface area contributed by atoms with Crippen LogP contribution < -0.4 is 4.74 Å². The molecule has 0 aromatic heterocycles. The number of allylic oxidation sites excluding steroid dienone is 1. The van der Waals surface area contributed by atoms with Crippen molar-refractivity contribution in [3.8, 4) is 17.6 Å². The highest BCUT2D eigenvalue weighted by atomic mass is 28.4. The molecule has 0 amide bonds. The van der Waals surface area contributed by atoms with E-state index < -0.39 is 26.7 Å². The zero-order valence-electron chi connectivity index (χ0n) is 16.5. The highest BCUT2D eigenvalue weighted by molar-refractivity contribution is 6.74. The molecule has 0 aliphatic heterocycles. The summed E-state index contributed by atoms with van der Waals surface area (Å²) in [6, 6.07) is 6.85. The quantitative estimate of drug-likeness (QED) is 0.472. The van der Waals surface area contributed by atoms with Crippen LogP contribution in [0, 0.1) is 11.8 Å². The molecule has 1 aromatic carbocycles. The fraction of sp³-hybridized carbons (Fsp3) is 0.500. The lowest BCUT2D eigenvalue weighted by atomic mass is 10.1. The van der Waals surface area contributed by atoms with E-state index in [1.165, 1.54) is 6.92 Å². The third-order valence-corrected chi connectivity index (χ3v) is 9.14. The van der Waals surface area contributed by atoms with E-state index in [4.69, 9.17) is 9.16 Å². The van der Waals surface area contributed by atoms with Crippen LogP contribution >= 0.6 is 0 Å². The summed E-state index contributed by atoms with van der Waals surface area (Å²) in [6.07, 6.45) is -4.47. The van der Waals surface area contributed by atoms with Crippen LogP contribution in [0.2, 0.25) is 18.1 Å². The molecule has 0 radical (unpaired) electrons. The van der Waals surface area contributed by atoms with Crippen LogP contribution in [0.1, 0.15) is 33.3 Å². The summed E-state index contributed by atoms with van der Waals surface area (Å²) in [4.78, 5) is 0. The SMILES string of the molecule is COc1ccc(C#C/C(C)=C(\CO[Si](C)(C)C(C)(C)C)C(F)(F)F)cc1. The summed E-state index contributed by atoms with van der Waals surface area (Å²) in [6.45, 7) is 10.8. The summed E-state index contributed by atoms with van der Waals surface area (Å²) < 4.78 is 51.2. The molecule has 0 aliphatic carbocycles. The van der Waals surface area contributed by atoms with Gasteiger partial charge in [0.05, 0.1) is 19.3 Å². The Morgan fingerprint density at radius 1 is 1.08 bits per heavy atom. The maximum Gasteiger partial charge on any atom is 0.415 e. The molecule has 0 spiro atoms. The molecule has 0 fully saturated rings. The number of hydrogen-bond acceptors (Lipinski definition) is 2. The smallest absolute Gasteiger partial charge is 0.415 e. The molecule has 0 saturated heterocycles. The van der Waals surface area contributed by atoms with Gasteiger partial charge in [0.2, 0.25) is 0 Å². The molecular weight excluding hydrogens is 357 g/mol. The first-order valence-corrected chi connectivity index (χ1v) is 11.3. The van der Waals surface area contributed by atoms with Gasteiger partial charge in [-0.1, -0.05) is 32.6 Å². The lowest BCUT2D eigenvalue weighted by Gasteiger charge is -2.36. The Morgan fingerprint density at radius 2 is 1.62 bits per heavy atom. The predicted octanol–water partition coefficient (Wildman–Crippen LogP) is 5.95. The Hall–Kier alpha value is -1.71. The van der Waals surface area contributed by atoms with Crippen LogP contribution in [0.3, 0.4) is 0 Å². The molecule has 0 aliphatic rings. The van der Waals surface area contributed by atoms with E-state index in [9.17, 15) is 13.2 Å². The first kappa shape index (κ1) is 22.3. The molecule has 0 bridgehead atoms. The van der Waals surface area contributed by atoms with Crippen LogP contribution in [-0.4, -0.2) is 28.2 Å². The highest BCUT2D eigenvalue weighted by Gasteiger charge is 2.41. The minimum atomic E-state index is -4.47. The molecule has 6 heteroatoms. The van der Waals surface area contributed by atoms with Gasteiger partial charge in [0.15, 0.2) is 8.32 Å². The number of ether oxygens (including phenoxy) is 1. The predicted molar refractivity (Wildman–Crippen MR) is 102 cm³/mol. The van der Waals surface area contributed by atoms with Crippen LogP contribution in [0.15, 0.2) is 35.4 Å². The third kappa shape index (κ3) is 6.22. The standard InChI is InChI=1S/C20H27F3O2Si/c1-15(8-9-16-10-12-17(24-5)13-11-16)18(20(21,22)23)14-25-26(6,7)19(2,3)4/h10-13H,14H2,1-7H3/b18-15+. The van der Waals surface area contributed by atoms with Gasteiger partial charge in [-0.05, 0) is 49.3 Å². The Morgan fingerprint density at radius 3 is 2.04 bits per heavy atom. The number of halogens is 3. The average molecular weight is 385 g/mol. The topological polar surface area (TPSA) is 18.5 Å². The van der Waals surface area contributed by atoms with Crippen molar-refractivity contribution in [1.29, 1.82) is 0 Å². The summed E-state index contributed by atoms with van der Waals surface area (Å²) in [5.74, 6) is 6.06. The van der Waals surface area contributed by atoms with E-state index in [0.29, 0.717) is 11.3 Å². The summed E-state index contributed by atoms with van der Waals surface area (Å²) >= 11 is 0. The first-order valence-electron chi connectivity index (χ1n) is 8.35. The van der Waals surface area contributed by atoms with E-state index in [1.54, 1.807) is 31.4 Å². The monoisotopic (exact) mass is 384 g/mol. The second kappa shape index (κ2) is 8.32. The molecule has 0 heterocycles. The van der Waals surface area contributed by atoms with Crippen molar-refractivity contribution < 1.29 is 22.3 Å². The molecule has 1 rings (SSSR count). The molecule has 0 N–H and O–H groups in total. The van der Waals surface area contributed by atoms with Crippen molar-refractivity contribution >= 4 is 8.32 Å². The fourth-order valence-electron chi connectivity index (χ4n) is 1.79. The largest absolute Gasteiger partial charge is 0.497 e. The second-order valence-corrected chi connectivity index (χ2v) is 12.4. The summed E-state index contributed by atoms with van der Waals surface area (Å²) in [7, 11) is -0.739.